The molecule has 0 saturated heterocycles. The molecule has 0 bridgehead atoms. The fraction of sp³-hybridized carbons (Fsp3) is 0.125. The lowest BCUT2D eigenvalue weighted by Gasteiger charge is -2.19. The summed E-state index contributed by atoms with van der Waals surface area (Å²) < 4.78 is 0. The summed E-state index contributed by atoms with van der Waals surface area (Å²) in [5.74, 6) is 0. The van der Waals surface area contributed by atoms with Gasteiger partial charge in [0.25, 0.3) is 0 Å². The second-order valence-electron chi connectivity index (χ2n) is 3.99. The zero-order valence-corrected chi connectivity index (χ0v) is 10.3. The molecule has 0 amide bonds. The normalized spacial score (nSPS) is 10.7. The van der Waals surface area contributed by atoms with Crippen molar-refractivity contribution in [3.8, 4) is 0 Å². The van der Waals surface area contributed by atoms with Crippen LogP contribution in [0.15, 0.2) is 60.7 Å². The Morgan fingerprint density at radius 1 is 0.824 bits per heavy atom. The number of rotatable bonds is 3. The highest BCUT2D eigenvalue weighted by Gasteiger charge is 2.01. The Morgan fingerprint density at radius 3 is 2.00 bits per heavy atom. The van der Waals surface area contributed by atoms with Crippen LogP contribution in [-0.4, -0.2) is 7.05 Å². The van der Waals surface area contributed by atoms with Crippen molar-refractivity contribution in [2.24, 2.45) is 0 Å². The zero-order chi connectivity index (χ0) is 12.1. The van der Waals surface area contributed by atoms with Crippen LogP contribution in [0, 0.1) is 0 Å². The van der Waals surface area contributed by atoms with Gasteiger partial charge in [0.05, 0.1) is 0 Å². The van der Waals surface area contributed by atoms with Gasteiger partial charge in [0.2, 0.25) is 0 Å². The van der Waals surface area contributed by atoms with Crippen LogP contribution in [0.1, 0.15) is 12.5 Å². The Balaban J connectivity index is 2.23. The van der Waals surface area contributed by atoms with Crippen molar-refractivity contribution in [2.75, 3.05) is 11.9 Å². The second-order valence-corrected chi connectivity index (χ2v) is 3.99. The average molecular weight is 223 g/mol. The van der Waals surface area contributed by atoms with Gasteiger partial charge in [-0.15, -0.1) is 0 Å². The number of anilines is 2. The van der Waals surface area contributed by atoms with Gasteiger partial charge in [0.1, 0.15) is 0 Å². The molecule has 0 aliphatic rings. The Hall–Kier alpha value is -2.02. The average Bonchev–Trinajstić information content (AvgIpc) is 2.40. The van der Waals surface area contributed by atoms with E-state index in [2.05, 4.69) is 72.6 Å². The molecule has 0 saturated carbocycles. The highest BCUT2D eigenvalue weighted by Crippen LogP contribution is 2.23. The highest BCUT2D eigenvalue weighted by atomic mass is 15.1. The molecule has 0 heterocycles. The summed E-state index contributed by atoms with van der Waals surface area (Å²) in [6.45, 7) is 2.03. The molecule has 2 rings (SSSR count). The lowest BCUT2D eigenvalue weighted by molar-refractivity contribution is 1.21. The van der Waals surface area contributed by atoms with Crippen molar-refractivity contribution in [3.05, 3.63) is 66.2 Å². The second kappa shape index (κ2) is 5.35. The van der Waals surface area contributed by atoms with E-state index < -0.39 is 0 Å². The molecule has 86 valence electrons. The summed E-state index contributed by atoms with van der Waals surface area (Å²) >= 11 is 0. The summed E-state index contributed by atoms with van der Waals surface area (Å²) in [7, 11) is 2.08. The van der Waals surface area contributed by atoms with E-state index in [1.54, 1.807) is 0 Å². The van der Waals surface area contributed by atoms with Crippen molar-refractivity contribution >= 4 is 17.5 Å². The molecule has 0 N–H and O–H groups in total. The van der Waals surface area contributed by atoms with Crippen LogP contribution >= 0.6 is 0 Å². The molecule has 0 aromatic heterocycles. The molecule has 2 aromatic carbocycles. The Kier molecular flexibility index (Phi) is 3.61. The van der Waals surface area contributed by atoms with E-state index in [9.17, 15) is 0 Å². The van der Waals surface area contributed by atoms with Gasteiger partial charge in [0, 0.05) is 18.4 Å². The standard InChI is InChI=1S/C16H17N/c1-3-7-14-10-12-16(13-11-14)17(2)15-8-5-4-6-9-15/h3-13H,1-2H3/b7-3+. The van der Waals surface area contributed by atoms with Crippen LogP contribution in [0.2, 0.25) is 0 Å². The van der Waals surface area contributed by atoms with Gasteiger partial charge < -0.3 is 4.90 Å². The highest BCUT2D eigenvalue weighted by molar-refractivity contribution is 5.64. The minimum atomic E-state index is 1.20. The number of nitrogens with zero attached hydrogens (tertiary/aromatic N) is 1. The third-order valence-electron chi connectivity index (χ3n) is 2.78. The van der Waals surface area contributed by atoms with Crippen LogP contribution in [0.4, 0.5) is 11.4 Å². The van der Waals surface area contributed by atoms with E-state index in [0.717, 1.165) is 0 Å². The van der Waals surface area contributed by atoms with Crippen LogP contribution in [-0.2, 0) is 0 Å². The molecule has 1 nitrogen and oxygen atoms in total. The fourth-order valence-corrected chi connectivity index (χ4v) is 1.80. The minimum absolute atomic E-state index is 1.20. The third-order valence-corrected chi connectivity index (χ3v) is 2.78. The van der Waals surface area contributed by atoms with E-state index in [1.165, 1.54) is 16.9 Å². The zero-order valence-electron chi connectivity index (χ0n) is 10.3. The van der Waals surface area contributed by atoms with E-state index in [4.69, 9.17) is 0 Å². The van der Waals surface area contributed by atoms with Crippen LogP contribution in [0.25, 0.3) is 6.08 Å². The molecular weight excluding hydrogens is 206 g/mol. The predicted octanol–water partition coefficient (Wildman–Crippen LogP) is 4.49. The van der Waals surface area contributed by atoms with Gasteiger partial charge in [-0.2, -0.15) is 0 Å². The number of hydrogen-bond acceptors (Lipinski definition) is 1. The molecule has 0 aliphatic heterocycles. The van der Waals surface area contributed by atoms with E-state index in [-0.39, 0.29) is 0 Å². The topological polar surface area (TPSA) is 3.24 Å². The first kappa shape index (κ1) is 11.5. The molecule has 17 heavy (non-hydrogen) atoms. The molecular formula is C16H17N. The van der Waals surface area contributed by atoms with Gasteiger partial charge in [-0.3, -0.25) is 0 Å². The summed E-state index contributed by atoms with van der Waals surface area (Å²) in [4.78, 5) is 2.18. The lowest BCUT2D eigenvalue weighted by atomic mass is 10.2. The summed E-state index contributed by atoms with van der Waals surface area (Å²) in [6.07, 6.45) is 4.15. The van der Waals surface area contributed by atoms with E-state index >= 15 is 0 Å². The molecule has 2 aromatic rings. The van der Waals surface area contributed by atoms with Crippen molar-refractivity contribution in [1.29, 1.82) is 0 Å². The van der Waals surface area contributed by atoms with Gasteiger partial charge in [-0.25, -0.2) is 0 Å². The third kappa shape index (κ3) is 2.76. The van der Waals surface area contributed by atoms with Crippen molar-refractivity contribution in [1.82, 2.24) is 0 Å². The first-order chi connectivity index (χ1) is 8.31. The molecule has 0 fully saturated rings. The molecule has 0 atom stereocenters. The first-order valence-corrected chi connectivity index (χ1v) is 5.83. The molecule has 0 aliphatic carbocycles. The number of allylic oxidation sites excluding steroid dienone is 1. The van der Waals surface area contributed by atoms with Crippen molar-refractivity contribution in [3.63, 3.8) is 0 Å². The number of benzene rings is 2. The van der Waals surface area contributed by atoms with Gasteiger partial charge >= 0.3 is 0 Å². The molecule has 0 radical (unpaired) electrons. The minimum Gasteiger partial charge on any atom is -0.345 e. The maximum Gasteiger partial charge on any atom is 0.0408 e. The SMILES string of the molecule is C/C=C/c1ccc(N(C)c2ccccc2)cc1. The Labute approximate surface area is 103 Å². The Morgan fingerprint density at radius 2 is 1.41 bits per heavy atom. The van der Waals surface area contributed by atoms with Crippen LogP contribution in [0.5, 0.6) is 0 Å². The maximum absolute atomic E-state index is 2.18. The largest absolute Gasteiger partial charge is 0.345 e. The lowest BCUT2D eigenvalue weighted by Crippen LogP contribution is -2.08. The molecule has 0 unspecified atom stereocenters. The fourth-order valence-electron chi connectivity index (χ4n) is 1.80. The monoisotopic (exact) mass is 223 g/mol. The summed E-state index contributed by atoms with van der Waals surface area (Å²) in [5, 5.41) is 0. The van der Waals surface area contributed by atoms with Crippen molar-refractivity contribution in [2.45, 2.75) is 6.92 Å². The quantitative estimate of drug-likeness (QED) is 0.741. The summed E-state index contributed by atoms with van der Waals surface area (Å²) in [5.41, 5.74) is 3.63. The smallest absolute Gasteiger partial charge is 0.0408 e. The first-order valence-electron chi connectivity index (χ1n) is 5.83. The maximum atomic E-state index is 2.18. The molecule has 0 spiro atoms. The molecule has 1 heteroatoms. The number of hydrogen-bond donors (Lipinski definition) is 0. The number of para-hydroxylation sites is 1. The van der Waals surface area contributed by atoms with Crippen LogP contribution in [0.3, 0.4) is 0 Å². The van der Waals surface area contributed by atoms with E-state index in [1.807, 2.05) is 13.0 Å². The summed E-state index contributed by atoms with van der Waals surface area (Å²) in [6, 6.07) is 18.9. The van der Waals surface area contributed by atoms with Gasteiger partial charge in [-0.05, 0) is 36.8 Å². The predicted molar refractivity (Wildman–Crippen MR) is 75.7 cm³/mol. The van der Waals surface area contributed by atoms with Crippen molar-refractivity contribution < 1.29 is 0 Å². The van der Waals surface area contributed by atoms with Crippen LogP contribution < -0.4 is 4.90 Å². The Bertz CT molecular complexity index is 483. The van der Waals surface area contributed by atoms with E-state index in [0.29, 0.717) is 0 Å². The van der Waals surface area contributed by atoms with Gasteiger partial charge in [0.15, 0.2) is 0 Å². The van der Waals surface area contributed by atoms with Gasteiger partial charge in [-0.1, -0.05) is 42.5 Å².